The zero-order valence-corrected chi connectivity index (χ0v) is 4.98. The average Bonchev–Trinajstić information content (AvgIpc) is 2.14. The highest BCUT2D eigenvalue weighted by Gasteiger charge is 1.93. The van der Waals surface area contributed by atoms with Crippen LogP contribution in [0.15, 0.2) is 16.7 Å². The molecule has 1 heterocycles. The largest absolute Gasteiger partial charge is 0.466 e. The summed E-state index contributed by atoms with van der Waals surface area (Å²) in [6.07, 6.45) is 1.46. The topological polar surface area (TPSA) is 39.2 Å². The third kappa shape index (κ3) is 1.02. The van der Waals surface area contributed by atoms with Crippen LogP contribution >= 0.6 is 11.6 Å². The zero-order valence-electron chi connectivity index (χ0n) is 4.23. The van der Waals surface area contributed by atoms with E-state index in [0.717, 1.165) is 5.76 Å². The van der Waals surface area contributed by atoms with Gasteiger partial charge in [-0.25, -0.2) is 0 Å². The van der Waals surface area contributed by atoms with Crippen LogP contribution in [0.1, 0.15) is 5.76 Å². The Kier molecular flexibility index (Phi) is 1.56. The van der Waals surface area contributed by atoms with Crippen molar-refractivity contribution in [1.29, 1.82) is 0 Å². The molecule has 1 rings (SSSR count). The van der Waals surface area contributed by atoms with Crippen molar-refractivity contribution in [2.75, 3.05) is 0 Å². The maximum atomic E-state index is 5.49. The Morgan fingerprint density at radius 1 is 1.75 bits per heavy atom. The fourth-order valence-electron chi connectivity index (χ4n) is 0.461. The summed E-state index contributed by atoms with van der Waals surface area (Å²) in [7, 11) is 0. The Morgan fingerprint density at radius 2 is 2.50 bits per heavy atom. The van der Waals surface area contributed by atoms with Gasteiger partial charge in [-0.15, -0.1) is 0 Å². The van der Waals surface area contributed by atoms with E-state index in [0.29, 0.717) is 11.6 Å². The Hall–Kier alpha value is -0.470. The van der Waals surface area contributed by atoms with Crippen LogP contribution in [-0.2, 0) is 6.54 Å². The third-order valence-corrected chi connectivity index (χ3v) is 1.02. The van der Waals surface area contributed by atoms with Crippen LogP contribution in [0.2, 0.25) is 5.02 Å². The van der Waals surface area contributed by atoms with E-state index >= 15 is 0 Å². The molecule has 0 aliphatic heterocycles. The van der Waals surface area contributed by atoms with Crippen LogP contribution in [0.4, 0.5) is 0 Å². The van der Waals surface area contributed by atoms with Crippen LogP contribution in [0.3, 0.4) is 0 Å². The lowest BCUT2D eigenvalue weighted by Crippen LogP contribution is -1.92. The lowest BCUT2D eigenvalue weighted by molar-refractivity contribution is 0.512. The van der Waals surface area contributed by atoms with Gasteiger partial charge in [0, 0.05) is 0 Å². The molecule has 2 N–H and O–H groups in total. The number of hydrogen-bond acceptors (Lipinski definition) is 2. The summed E-state index contributed by atoms with van der Waals surface area (Å²) in [5, 5.41) is 0.602. The second-order valence-corrected chi connectivity index (χ2v) is 1.87. The van der Waals surface area contributed by atoms with Gasteiger partial charge in [-0.3, -0.25) is 0 Å². The summed E-state index contributed by atoms with van der Waals surface area (Å²) < 4.78 is 4.86. The van der Waals surface area contributed by atoms with Crippen molar-refractivity contribution in [1.82, 2.24) is 0 Å². The minimum absolute atomic E-state index is 0.409. The zero-order chi connectivity index (χ0) is 5.98. The molecule has 0 fully saturated rings. The molecule has 2 nitrogen and oxygen atoms in total. The summed E-state index contributed by atoms with van der Waals surface area (Å²) in [5.41, 5.74) is 5.21. The Balaban J connectivity index is 2.84. The van der Waals surface area contributed by atoms with Crippen LogP contribution in [0.25, 0.3) is 0 Å². The Labute approximate surface area is 52.2 Å². The van der Waals surface area contributed by atoms with Crippen molar-refractivity contribution >= 4 is 11.6 Å². The molecule has 0 saturated carbocycles. The van der Waals surface area contributed by atoms with Gasteiger partial charge < -0.3 is 10.2 Å². The van der Waals surface area contributed by atoms with Crippen LogP contribution < -0.4 is 5.73 Å². The molecule has 3 heteroatoms. The lowest BCUT2D eigenvalue weighted by Gasteiger charge is -1.80. The monoisotopic (exact) mass is 131 g/mol. The van der Waals surface area contributed by atoms with Gasteiger partial charge in [0.15, 0.2) is 0 Å². The number of rotatable bonds is 1. The highest BCUT2D eigenvalue weighted by Crippen LogP contribution is 2.11. The molecule has 0 bridgehead atoms. The van der Waals surface area contributed by atoms with E-state index in [1.807, 2.05) is 0 Å². The Bertz CT molecular complexity index is 173. The van der Waals surface area contributed by atoms with Crippen LogP contribution in [-0.4, -0.2) is 0 Å². The Morgan fingerprint density at radius 3 is 2.75 bits per heavy atom. The van der Waals surface area contributed by atoms with E-state index in [9.17, 15) is 0 Å². The van der Waals surface area contributed by atoms with Crippen molar-refractivity contribution in [3.8, 4) is 0 Å². The van der Waals surface area contributed by atoms with Gasteiger partial charge in [0.2, 0.25) is 0 Å². The quantitative estimate of drug-likeness (QED) is 0.626. The summed E-state index contributed by atoms with van der Waals surface area (Å²) in [6.45, 7) is 0.409. The molecule has 1 aromatic rings. The molecule has 0 aliphatic rings. The number of halogens is 1. The first-order valence-electron chi connectivity index (χ1n) is 2.26. The lowest BCUT2D eigenvalue weighted by atomic mass is 10.5. The molecule has 0 spiro atoms. The van der Waals surface area contributed by atoms with Crippen molar-refractivity contribution in [3.05, 3.63) is 23.1 Å². The predicted molar refractivity (Wildman–Crippen MR) is 31.6 cm³/mol. The van der Waals surface area contributed by atoms with Gasteiger partial charge in [0.1, 0.15) is 12.0 Å². The molecular weight excluding hydrogens is 126 g/mol. The van der Waals surface area contributed by atoms with E-state index in [-0.39, 0.29) is 0 Å². The van der Waals surface area contributed by atoms with E-state index < -0.39 is 0 Å². The summed E-state index contributed by atoms with van der Waals surface area (Å²) in [6, 6.07) is 1.70. The molecule has 0 radical (unpaired) electrons. The molecule has 44 valence electrons. The van der Waals surface area contributed by atoms with E-state index in [1.165, 1.54) is 6.26 Å². The number of furan rings is 1. The molecule has 0 saturated heterocycles. The summed E-state index contributed by atoms with van der Waals surface area (Å²) in [4.78, 5) is 0. The summed E-state index contributed by atoms with van der Waals surface area (Å²) >= 11 is 5.49. The minimum atomic E-state index is 0.409. The van der Waals surface area contributed by atoms with E-state index in [1.54, 1.807) is 6.07 Å². The van der Waals surface area contributed by atoms with Crippen molar-refractivity contribution in [3.63, 3.8) is 0 Å². The molecule has 8 heavy (non-hydrogen) atoms. The van der Waals surface area contributed by atoms with Crippen molar-refractivity contribution < 1.29 is 4.42 Å². The van der Waals surface area contributed by atoms with Crippen molar-refractivity contribution in [2.45, 2.75) is 6.54 Å². The van der Waals surface area contributed by atoms with Crippen molar-refractivity contribution in [2.24, 2.45) is 5.73 Å². The normalized spacial score (nSPS) is 9.75. The first-order chi connectivity index (χ1) is 3.83. The molecule has 0 unspecified atom stereocenters. The molecule has 0 amide bonds. The predicted octanol–water partition coefficient (Wildman–Crippen LogP) is 1.39. The number of hydrogen-bond donors (Lipinski definition) is 1. The van der Waals surface area contributed by atoms with Crippen LogP contribution in [0, 0.1) is 0 Å². The fourth-order valence-corrected chi connectivity index (χ4v) is 0.627. The second-order valence-electron chi connectivity index (χ2n) is 1.44. The van der Waals surface area contributed by atoms with E-state index in [2.05, 4.69) is 0 Å². The van der Waals surface area contributed by atoms with E-state index in [4.69, 9.17) is 21.8 Å². The maximum Gasteiger partial charge on any atom is 0.118 e. The standard InChI is InChI=1S/C5H6ClNO/c6-4-1-5(2-7)8-3-4/h1,3H,2,7H2. The van der Waals surface area contributed by atoms with Gasteiger partial charge in [-0.2, -0.15) is 0 Å². The van der Waals surface area contributed by atoms with Gasteiger partial charge in [-0.1, -0.05) is 11.6 Å². The smallest absolute Gasteiger partial charge is 0.118 e. The van der Waals surface area contributed by atoms with Gasteiger partial charge in [0.05, 0.1) is 11.6 Å². The summed E-state index contributed by atoms with van der Waals surface area (Å²) in [5.74, 6) is 0.718. The second kappa shape index (κ2) is 2.20. The first-order valence-corrected chi connectivity index (χ1v) is 2.63. The van der Waals surface area contributed by atoms with Gasteiger partial charge in [-0.05, 0) is 6.07 Å². The SMILES string of the molecule is NCc1cc(Cl)co1. The van der Waals surface area contributed by atoms with Gasteiger partial charge >= 0.3 is 0 Å². The fraction of sp³-hybridized carbons (Fsp3) is 0.200. The molecule has 0 aliphatic carbocycles. The molecular formula is C5H6ClNO. The highest BCUT2D eigenvalue weighted by molar-refractivity contribution is 6.30. The number of nitrogens with two attached hydrogens (primary N) is 1. The van der Waals surface area contributed by atoms with Gasteiger partial charge in [0.25, 0.3) is 0 Å². The third-order valence-electron chi connectivity index (χ3n) is 0.823. The minimum Gasteiger partial charge on any atom is -0.466 e. The highest BCUT2D eigenvalue weighted by atomic mass is 35.5. The molecule has 0 aromatic carbocycles. The molecule has 0 atom stereocenters. The molecule has 1 aromatic heterocycles. The maximum absolute atomic E-state index is 5.49. The average molecular weight is 132 g/mol. The van der Waals surface area contributed by atoms with Crippen LogP contribution in [0.5, 0.6) is 0 Å². The first kappa shape index (κ1) is 5.66.